The minimum Gasteiger partial charge on any atom is -0.504 e. The van der Waals surface area contributed by atoms with E-state index in [2.05, 4.69) is 6.58 Å². The van der Waals surface area contributed by atoms with Crippen molar-refractivity contribution in [1.82, 2.24) is 0 Å². The second kappa shape index (κ2) is 2.02. The van der Waals surface area contributed by atoms with Gasteiger partial charge in [-0.2, -0.15) is 0 Å². The fraction of sp³-hybridized carbons (Fsp3) is 0.111. The molecule has 1 aromatic carbocycles. The van der Waals surface area contributed by atoms with E-state index in [1.807, 2.05) is 12.1 Å². The molecular formula is C9H8O2. The van der Waals surface area contributed by atoms with Gasteiger partial charge in [-0.15, -0.1) is 6.58 Å². The lowest BCUT2D eigenvalue weighted by Gasteiger charge is -1.89. The number of hydrogen-bond acceptors (Lipinski definition) is 2. The lowest BCUT2D eigenvalue weighted by atomic mass is 10.1. The van der Waals surface area contributed by atoms with Crippen LogP contribution >= 0.6 is 0 Å². The molecule has 0 spiro atoms. The van der Waals surface area contributed by atoms with Crippen LogP contribution in [0.3, 0.4) is 0 Å². The minimum absolute atomic E-state index is 0.229. The van der Waals surface area contributed by atoms with Crippen LogP contribution in [0.4, 0.5) is 0 Å². The predicted molar refractivity (Wildman–Crippen MR) is 42.1 cm³/mol. The summed E-state index contributed by atoms with van der Waals surface area (Å²) in [5.74, 6) is 1.68. The number of aromatic hydroxyl groups is 1. The average Bonchev–Trinajstić information content (AvgIpc) is 2.75. The Labute approximate surface area is 64.7 Å². The molecule has 0 amide bonds. The van der Waals surface area contributed by atoms with Gasteiger partial charge in [-0.3, -0.25) is 0 Å². The SMILES string of the molecule is C=CCc1ccc(O)c2c1O2. The standard InChI is InChI=1S/C9H8O2/c1-2-3-6-4-5-7(10)9-8(6)11-9/h2,4-5,10H,1,3H2. The fourth-order valence-electron chi connectivity index (χ4n) is 1.10. The summed E-state index contributed by atoms with van der Waals surface area (Å²) in [5, 5.41) is 9.11. The van der Waals surface area contributed by atoms with Gasteiger partial charge >= 0.3 is 0 Å². The fourth-order valence-corrected chi connectivity index (χ4v) is 1.10. The molecule has 1 heterocycles. The Morgan fingerprint density at radius 2 is 2.27 bits per heavy atom. The van der Waals surface area contributed by atoms with Crippen molar-refractivity contribution in [1.29, 1.82) is 0 Å². The van der Waals surface area contributed by atoms with Gasteiger partial charge < -0.3 is 9.84 Å². The zero-order valence-corrected chi connectivity index (χ0v) is 6.00. The first-order valence-corrected chi connectivity index (χ1v) is 3.46. The van der Waals surface area contributed by atoms with Crippen molar-refractivity contribution in [3.8, 4) is 17.2 Å². The summed E-state index contributed by atoms with van der Waals surface area (Å²) in [6.45, 7) is 3.62. The van der Waals surface area contributed by atoms with Crippen molar-refractivity contribution in [2.75, 3.05) is 0 Å². The molecule has 0 atom stereocenters. The third-order valence-corrected chi connectivity index (χ3v) is 1.70. The maximum Gasteiger partial charge on any atom is 0.211 e. The molecule has 1 aliphatic heterocycles. The minimum atomic E-state index is 0.229. The monoisotopic (exact) mass is 148 g/mol. The van der Waals surface area contributed by atoms with E-state index >= 15 is 0 Å². The van der Waals surface area contributed by atoms with Gasteiger partial charge in [0.1, 0.15) is 0 Å². The van der Waals surface area contributed by atoms with Crippen LogP contribution in [0, 0.1) is 0 Å². The molecule has 1 aromatic rings. The van der Waals surface area contributed by atoms with Crippen molar-refractivity contribution in [3.05, 3.63) is 30.4 Å². The molecule has 2 rings (SSSR count). The van der Waals surface area contributed by atoms with Crippen LogP contribution in [-0.4, -0.2) is 5.11 Å². The second-order valence-electron chi connectivity index (χ2n) is 2.50. The quantitative estimate of drug-likeness (QED) is 0.523. The molecule has 2 nitrogen and oxygen atoms in total. The first-order valence-electron chi connectivity index (χ1n) is 3.46. The molecule has 1 N–H and O–H groups in total. The Hall–Kier alpha value is -1.44. The van der Waals surface area contributed by atoms with Crippen molar-refractivity contribution in [3.63, 3.8) is 0 Å². The summed E-state index contributed by atoms with van der Waals surface area (Å²) < 4.78 is 5.05. The molecule has 0 aliphatic carbocycles. The van der Waals surface area contributed by atoms with Crippen LogP contribution in [0.5, 0.6) is 17.2 Å². The summed E-state index contributed by atoms with van der Waals surface area (Å²) in [7, 11) is 0. The Morgan fingerprint density at radius 1 is 1.45 bits per heavy atom. The van der Waals surface area contributed by atoms with E-state index in [0.717, 1.165) is 17.7 Å². The number of fused-ring (bicyclic) bond motifs is 1. The van der Waals surface area contributed by atoms with Crippen LogP contribution in [0.1, 0.15) is 5.56 Å². The molecule has 11 heavy (non-hydrogen) atoms. The summed E-state index contributed by atoms with van der Waals surface area (Å²) >= 11 is 0. The summed E-state index contributed by atoms with van der Waals surface area (Å²) in [5.41, 5.74) is 1.09. The second-order valence-corrected chi connectivity index (χ2v) is 2.50. The molecule has 2 heteroatoms. The average molecular weight is 148 g/mol. The largest absolute Gasteiger partial charge is 0.504 e. The van der Waals surface area contributed by atoms with Gasteiger partial charge in [0.05, 0.1) is 0 Å². The van der Waals surface area contributed by atoms with Gasteiger partial charge in [0.25, 0.3) is 0 Å². The van der Waals surface area contributed by atoms with Crippen molar-refractivity contribution >= 4 is 0 Å². The topological polar surface area (TPSA) is 32.8 Å². The van der Waals surface area contributed by atoms with Crippen molar-refractivity contribution in [2.24, 2.45) is 0 Å². The number of phenols is 1. The van der Waals surface area contributed by atoms with Gasteiger partial charge in [-0.1, -0.05) is 12.1 Å². The van der Waals surface area contributed by atoms with Crippen molar-refractivity contribution < 1.29 is 9.84 Å². The molecule has 0 bridgehead atoms. The third kappa shape index (κ3) is 0.871. The van der Waals surface area contributed by atoms with Crippen LogP contribution in [0.15, 0.2) is 24.8 Å². The van der Waals surface area contributed by atoms with E-state index in [1.54, 1.807) is 6.07 Å². The molecule has 0 saturated carbocycles. The number of hydrogen-bond donors (Lipinski definition) is 1. The Bertz CT molecular complexity index is 316. The number of phenolic OH excluding ortho intramolecular Hbond substituents is 1. The summed E-state index contributed by atoms with van der Waals surface area (Å²) in [4.78, 5) is 0. The van der Waals surface area contributed by atoms with E-state index < -0.39 is 0 Å². The number of ether oxygens (including phenoxy) is 1. The molecule has 1 aliphatic rings. The van der Waals surface area contributed by atoms with Gasteiger partial charge in [0, 0.05) is 5.56 Å². The third-order valence-electron chi connectivity index (χ3n) is 1.70. The Morgan fingerprint density at radius 3 is 3.00 bits per heavy atom. The molecule has 0 radical (unpaired) electrons. The van der Waals surface area contributed by atoms with E-state index in [9.17, 15) is 0 Å². The Kier molecular flexibility index (Phi) is 1.15. The zero-order chi connectivity index (χ0) is 7.84. The van der Waals surface area contributed by atoms with E-state index in [-0.39, 0.29) is 5.75 Å². The van der Waals surface area contributed by atoms with Crippen LogP contribution in [-0.2, 0) is 6.42 Å². The summed E-state index contributed by atoms with van der Waals surface area (Å²) in [6.07, 6.45) is 2.61. The van der Waals surface area contributed by atoms with Gasteiger partial charge in [-0.25, -0.2) is 0 Å². The molecule has 56 valence electrons. The van der Waals surface area contributed by atoms with E-state index in [0.29, 0.717) is 5.75 Å². The maximum absolute atomic E-state index is 9.11. The molecular weight excluding hydrogens is 140 g/mol. The predicted octanol–water partition coefficient (Wildman–Crippen LogP) is 2.23. The normalized spacial score (nSPS) is 11.6. The van der Waals surface area contributed by atoms with Crippen molar-refractivity contribution in [2.45, 2.75) is 6.42 Å². The highest BCUT2D eigenvalue weighted by molar-refractivity contribution is 5.66. The first kappa shape index (κ1) is 6.28. The number of rotatable bonds is 2. The highest BCUT2D eigenvalue weighted by atomic mass is 16.6. The van der Waals surface area contributed by atoms with Crippen LogP contribution in [0.25, 0.3) is 0 Å². The van der Waals surface area contributed by atoms with E-state index in [4.69, 9.17) is 9.84 Å². The number of benzene rings is 1. The lowest BCUT2D eigenvalue weighted by Crippen LogP contribution is -1.73. The Balaban J connectivity index is 2.40. The van der Waals surface area contributed by atoms with E-state index in [1.165, 1.54) is 0 Å². The molecule has 0 fully saturated rings. The maximum atomic E-state index is 9.11. The molecule has 0 saturated heterocycles. The highest BCUT2D eigenvalue weighted by Crippen LogP contribution is 2.54. The first-order chi connectivity index (χ1) is 5.33. The summed E-state index contributed by atoms with van der Waals surface area (Å²) in [6, 6.07) is 3.49. The smallest absolute Gasteiger partial charge is 0.211 e. The van der Waals surface area contributed by atoms with Crippen LogP contribution in [0.2, 0.25) is 0 Å². The highest BCUT2D eigenvalue weighted by Gasteiger charge is 2.27. The van der Waals surface area contributed by atoms with Gasteiger partial charge in [-0.05, 0) is 12.5 Å². The van der Waals surface area contributed by atoms with Gasteiger partial charge in [0.15, 0.2) is 11.5 Å². The zero-order valence-electron chi connectivity index (χ0n) is 6.00. The molecule has 0 aromatic heterocycles. The lowest BCUT2D eigenvalue weighted by molar-refractivity contribution is 0.463. The molecule has 0 unspecified atom stereocenters. The van der Waals surface area contributed by atoms with Crippen LogP contribution < -0.4 is 4.74 Å². The number of allylic oxidation sites excluding steroid dienone is 1. The van der Waals surface area contributed by atoms with Gasteiger partial charge in [0.2, 0.25) is 5.75 Å².